The molecule has 2 aliphatic rings. The quantitative estimate of drug-likeness (QED) is 0.369. The molecule has 2 aromatic carbocycles. The van der Waals surface area contributed by atoms with E-state index in [1.807, 2.05) is 30.3 Å². The third-order valence-electron chi connectivity index (χ3n) is 6.63. The van der Waals surface area contributed by atoms with Crippen molar-refractivity contribution in [2.24, 2.45) is 0 Å². The van der Waals surface area contributed by atoms with Gasteiger partial charge >= 0.3 is 0 Å². The van der Waals surface area contributed by atoms with E-state index in [9.17, 15) is 4.79 Å². The molecule has 10 nitrogen and oxygen atoms in total. The van der Waals surface area contributed by atoms with Crippen molar-refractivity contribution in [3.63, 3.8) is 0 Å². The summed E-state index contributed by atoms with van der Waals surface area (Å²) in [5.74, 6) is 1.51. The summed E-state index contributed by atoms with van der Waals surface area (Å²) >= 11 is 6.47. The summed E-state index contributed by atoms with van der Waals surface area (Å²) < 4.78 is 16.6. The van der Waals surface area contributed by atoms with Crippen molar-refractivity contribution in [1.82, 2.24) is 9.97 Å². The predicted octanol–water partition coefficient (Wildman–Crippen LogP) is 4.88. The summed E-state index contributed by atoms with van der Waals surface area (Å²) in [5.41, 5.74) is 5.44. The number of aromatic nitrogens is 2. The van der Waals surface area contributed by atoms with Crippen LogP contribution in [0.25, 0.3) is 0 Å². The van der Waals surface area contributed by atoms with Crippen LogP contribution in [0.4, 0.5) is 34.5 Å². The van der Waals surface area contributed by atoms with E-state index in [0.717, 1.165) is 59.8 Å². The number of carbonyl (C=O) groups excluding carboxylic acids is 1. The van der Waals surface area contributed by atoms with Crippen molar-refractivity contribution >= 4 is 52.0 Å². The number of anilines is 6. The fourth-order valence-corrected chi connectivity index (χ4v) is 4.86. The fraction of sp³-hybridized carbons (Fsp3) is 0.370. The van der Waals surface area contributed by atoms with Gasteiger partial charge in [-0.05, 0) is 42.7 Å². The van der Waals surface area contributed by atoms with Crippen molar-refractivity contribution in [3.8, 4) is 5.75 Å². The number of ether oxygens (including phenoxy) is 3. The minimum absolute atomic E-state index is 0.0259. The van der Waals surface area contributed by atoms with E-state index >= 15 is 0 Å². The van der Waals surface area contributed by atoms with Crippen LogP contribution in [-0.2, 0) is 27.3 Å². The van der Waals surface area contributed by atoms with Gasteiger partial charge in [0.2, 0.25) is 11.9 Å². The van der Waals surface area contributed by atoms with Crippen LogP contribution in [0.2, 0.25) is 5.02 Å². The van der Waals surface area contributed by atoms with Crippen molar-refractivity contribution in [2.75, 3.05) is 61.4 Å². The standard InChI is InChI=1S/C27H31ClN6O4/c1-36-16-19-18-4-3-5-25(35)30-21(18)8-9-22(19)32-27-29-15-20(28)26(33-27)31-23-7-6-17(14-24(23)37-2)34-10-12-38-13-11-34/h6-9,14-15H,3-5,10-13,16H2,1-2H3,(H,30,35)(H2,29,31,32,33). The van der Waals surface area contributed by atoms with Gasteiger partial charge in [0.25, 0.3) is 0 Å². The number of hydrogen-bond donors (Lipinski definition) is 3. The Morgan fingerprint density at radius 1 is 1.11 bits per heavy atom. The van der Waals surface area contributed by atoms with Crippen molar-refractivity contribution in [2.45, 2.75) is 25.9 Å². The molecule has 1 aromatic heterocycles. The predicted molar refractivity (Wildman–Crippen MR) is 148 cm³/mol. The first-order chi connectivity index (χ1) is 18.6. The Balaban J connectivity index is 1.40. The van der Waals surface area contributed by atoms with E-state index in [1.54, 1.807) is 20.4 Å². The molecule has 200 valence electrons. The number of benzene rings is 2. The number of nitrogens with zero attached hydrogens (tertiary/aromatic N) is 3. The zero-order valence-electron chi connectivity index (χ0n) is 21.5. The number of carbonyl (C=O) groups is 1. The molecule has 3 aromatic rings. The van der Waals surface area contributed by atoms with Crippen LogP contribution < -0.4 is 25.6 Å². The molecule has 1 amide bonds. The van der Waals surface area contributed by atoms with Crippen molar-refractivity contribution in [3.05, 3.63) is 52.7 Å². The number of halogens is 1. The number of rotatable bonds is 8. The van der Waals surface area contributed by atoms with Gasteiger partial charge in [0.1, 0.15) is 10.8 Å². The molecule has 11 heteroatoms. The molecule has 0 atom stereocenters. The van der Waals surface area contributed by atoms with E-state index in [0.29, 0.717) is 48.8 Å². The van der Waals surface area contributed by atoms with Crippen LogP contribution in [0.15, 0.2) is 36.5 Å². The van der Waals surface area contributed by atoms with Gasteiger partial charge in [-0.3, -0.25) is 4.79 Å². The van der Waals surface area contributed by atoms with E-state index in [4.69, 9.17) is 25.8 Å². The monoisotopic (exact) mass is 538 g/mol. The van der Waals surface area contributed by atoms with Gasteiger partial charge in [0, 0.05) is 55.3 Å². The molecule has 1 fully saturated rings. The summed E-state index contributed by atoms with van der Waals surface area (Å²) in [7, 11) is 3.28. The van der Waals surface area contributed by atoms with Gasteiger partial charge < -0.3 is 35.1 Å². The van der Waals surface area contributed by atoms with Crippen LogP contribution in [0.3, 0.4) is 0 Å². The first-order valence-corrected chi connectivity index (χ1v) is 12.9. The van der Waals surface area contributed by atoms with Crippen molar-refractivity contribution < 1.29 is 19.0 Å². The summed E-state index contributed by atoms with van der Waals surface area (Å²) in [5, 5.41) is 9.96. The van der Waals surface area contributed by atoms with Gasteiger partial charge in [0.15, 0.2) is 5.82 Å². The summed E-state index contributed by atoms with van der Waals surface area (Å²) in [6, 6.07) is 9.78. The number of methoxy groups -OCH3 is 2. The lowest BCUT2D eigenvalue weighted by Crippen LogP contribution is -2.36. The third kappa shape index (κ3) is 5.77. The van der Waals surface area contributed by atoms with E-state index < -0.39 is 0 Å². The first kappa shape index (κ1) is 26.0. The van der Waals surface area contributed by atoms with Crippen molar-refractivity contribution in [1.29, 1.82) is 0 Å². The summed E-state index contributed by atoms with van der Waals surface area (Å²) in [6.07, 6.45) is 3.59. The molecule has 0 bridgehead atoms. The first-order valence-electron chi connectivity index (χ1n) is 12.6. The molecular weight excluding hydrogens is 508 g/mol. The normalized spacial score (nSPS) is 15.3. The Hall–Kier alpha value is -3.60. The molecule has 5 rings (SSSR count). The number of amides is 1. The average molecular weight is 539 g/mol. The smallest absolute Gasteiger partial charge is 0.229 e. The third-order valence-corrected chi connectivity index (χ3v) is 6.91. The van der Waals surface area contributed by atoms with E-state index in [1.165, 1.54) is 0 Å². The topological polar surface area (TPSA) is 110 Å². The molecule has 1 saturated heterocycles. The van der Waals surface area contributed by atoms with Crippen LogP contribution in [-0.4, -0.2) is 56.4 Å². The van der Waals surface area contributed by atoms with Crippen LogP contribution in [0, 0.1) is 0 Å². The highest BCUT2D eigenvalue weighted by Crippen LogP contribution is 2.35. The maximum absolute atomic E-state index is 12.0. The average Bonchev–Trinajstić information content (AvgIpc) is 3.13. The van der Waals surface area contributed by atoms with Gasteiger partial charge in [-0.2, -0.15) is 4.98 Å². The van der Waals surface area contributed by atoms with Gasteiger partial charge in [-0.25, -0.2) is 4.98 Å². The Bertz CT molecular complexity index is 1310. The van der Waals surface area contributed by atoms with Gasteiger partial charge in [-0.15, -0.1) is 0 Å². The molecule has 0 aliphatic carbocycles. The molecule has 0 spiro atoms. The fourth-order valence-electron chi connectivity index (χ4n) is 4.72. The second-order valence-corrected chi connectivity index (χ2v) is 9.48. The minimum Gasteiger partial charge on any atom is -0.494 e. The minimum atomic E-state index is 0.0259. The van der Waals surface area contributed by atoms with E-state index in [2.05, 4.69) is 30.8 Å². The lowest BCUT2D eigenvalue weighted by atomic mass is 9.99. The highest BCUT2D eigenvalue weighted by molar-refractivity contribution is 6.33. The molecule has 38 heavy (non-hydrogen) atoms. The Morgan fingerprint density at radius 3 is 2.71 bits per heavy atom. The number of fused-ring (bicyclic) bond motifs is 1. The van der Waals surface area contributed by atoms with Crippen LogP contribution >= 0.6 is 11.6 Å². The summed E-state index contributed by atoms with van der Waals surface area (Å²) in [4.78, 5) is 23.3. The molecule has 0 radical (unpaired) electrons. The van der Waals surface area contributed by atoms with E-state index in [-0.39, 0.29) is 5.91 Å². The molecule has 0 unspecified atom stereocenters. The lowest BCUT2D eigenvalue weighted by molar-refractivity contribution is -0.116. The lowest BCUT2D eigenvalue weighted by Gasteiger charge is -2.29. The Morgan fingerprint density at radius 2 is 1.92 bits per heavy atom. The molecular formula is C27H31ClN6O4. The Labute approximate surface area is 226 Å². The van der Waals surface area contributed by atoms with Gasteiger partial charge in [0.05, 0.1) is 38.8 Å². The second-order valence-electron chi connectivity index (χ2n) is 9.08. The molecule has 2 aliphatic heterocycles. The van der Waals surface area contributed by atoms with Crippen LogP contribution in [0.5, 0.6) is 5.75 Å². The highest BCUT2D eigenvalue weighted by Gasteiger charge is 2.20. The maximum atomic E-state index is 12.0. The zero-order valence-corrected chi connectivity index (χ0v) is 22.2. The zero-order chi connectivity index (χ0) is 26.5. The molecule has 3 N–H and O–H groups in total. The largest absolute Gasteiger partial charge is 0.494 e. The van der Waals surface area contributed by atoms with Gasteiger partial charge in [-0.1, -0.05) is 11.6 Å². The number of nitrogens with one attached hydrogen (secondary N) is 3. The van der Waals surface area contributed by atoms with Crippen LogP contribution in [0.1, 0.15) is 24.0 Å². The summed E-state index contributed by atoms with van der Waals surface area (Å²) in [6.45, 7) is 3.47. The SMILES string of the molecule is COCc1c(Nc2ncc(Cl)c(Nc3ccc(N4CCOCC4)cc3OC)n2)ccc2c1CCCC(=O)N2. The number of morpholine rings is 1. The number of hydrogen-bond acceptors (Lipinski definition) is 9. The maximum Gasteiger partial charge on any atom is 0.229 e. The molecule has 0 saturated carbocycles. The molecule has 3 heterocycles. The highest BCUT2D eigenvalue weighted by atomic mass is 35.5. The Kier molecular flexibility index (Phi) is 8.11. The second kappa shape index (κ2) is 11.8.